The number of nitrogens with two attached hydrogens (primary N) is 1. The number of hydrogen-bond acceptors (Lipinski definition) is 3. The van der Waals surface area contributed by atoms with Crippen LogP contribution >= 0.6 is 11.8 Å². The minimum Gasteiger partial charge on any atom is -0.379 e. The van der Waals surface area contributed by atoms with Gasteiger partial charge in [-0.2, -0.15) is 0 Å². The van der Waals surface area contributed by atoms with Crippen LogP contribution in [-0.4, -0.2) is 22.4 Å². The largest absolute Gasteiger partial charge is 0.379 e. The van der Waals surface area contributed by atoms with E-state index in [-0.39, 0.29) is 22.4 Å². The van der Waals surface area contributed by atoms with Gasteiger partial charge in [-0.15, -0.1) is 0 Å². The van der Waals surface area contributed by atoms with Crippen molar-refractivity contribution in [3.63, 3.8) is 0 Å². The lowest BCUT2D eigenvalue weighted by molar-refractivity contribution is -0.120. The van der Waals surface area contributed by atoms with Gasteiger partial charge in [0.25, 0.3) is 0 Å². The monoisotopic (exact) mass is 203 g/mol. The molecule has 1 amide bonds. The molecule has 0 atom stereocenters. The number of carbonyl (C=O) groups is 1. The summed E-state index contributed by atoms with van der Waals surface area (Å²) in [5, 5.41) is 9.75. The molecule has 0 fully saturated rings. The molecular weight excluding hydrogens is 186 g/mol. The zero-order valence-corrected chi connectivity index (χ0v) is 9.12. The predicted octanol–water partition coefficient (Wildman–Crippen LogP) is 0.918. The van der Waals surface area contributed by atoms with Crippen LogP contribution in [0.5, 0.6) is 0 Å². The molecule has 5 heteroatoms. The highest BCUT2D eigenvalue weighted by molar-refractivity contribution is 8.14. The van der Waals surface area contributed by atoms with Gasteiger partial charge in [-0.25, -0.2) is 0 Å². The third-order valence-corrected chi connectivity index (χ3v) is 2.44. The van der Waals surface area contributed by atoms with Crippen molar-refractivity contribution in [2.75, 3.05) is 5.75 Å². The van der Waals surface area contributed by atoms with Crippen LogP contribution < -0.4 is 11.1 Å². The summed E-state index contributed by atoms with van der Waals surface area (Å²) in [6.07, 6.45) is 0.878. The molecule has 0 saturated heterocycles. The van der Waals surface area contributed by atoms with Gasteiger partial charge in [-0.1, -0.05) is 18.7 Å². The summed E-state index contributed by atoms with van der Waals surface area (Å²) in [7, 11) is 0. The van der Waals surface area contributed by atoms with Crippen LogP contribution in [0, 0.1) is 5.41 Å². The third-order valence-electron chi connectivity index (χ3n) is 1.72. The Morgan fingerprint density at radius 1 is 1.62 bits per heavy atom. The summed E-state index contributed by atoms with van der Waals surface area (Å²) in [6, 6.07) is 0. The predicted molar refractivity (Wildman–Crippen MR) is 56.9 cm³/mol. The van der Waals surface area contributed by atoms with Crippen molar-refractivity contribution in [3.05, 3.63) is 0 Å². The van der Waals surface area contributed by atoms with Crippen LogP contribution in [0.25, 0.3) is 0 Å². The van der Waals surface area contributed by atoms with Gasteiger partial charge in [0.15, 0.2) is 5.17 Å². The van der Waals surface area contributed by atoms with Crippen molar-refractivity contribution in [3.8, 4) is 0 Å². The fourth-order valence-electron chi connectivity index (χ4n) is 0.645. The molecule has 0 radical (unpaired) electrons. The van der Waals surface area contributed by atoms with E-state index in [1.807, 2.05) is 20.8 Å². The lowest BCUT2D eigenvalue weighted by atomic mass is 10.0. The number of amidine groups is 1. The number of carbonyl (C=O) groups excluding carboxylic acids is 1. The molecule has 0 rings (SSSR count). The van der Waals surface area contributed by atoms with Crippen molar-refractivity contribution in [1.29, 1.82) is 5.41 Å². The van der Waals surface area contributed by atoms with Gasteiger partial charge < -0.3 is 11.1 Å². The number of thioether (sulfide) groups is 1. The molecule has 4 N–H and O–H groups in total. The van der Waals surface area contributed by atoms with Gasteiger partial charge in [0.2, 0.25) is 5.91 Å². The zero-order valence-electron chi connectivity index (χ0n) is 8.31. The standard InChI is InChI=1S/C8H17N3OS/c1-4-8(2,3)11-6(12)5-13-7(9)10/h4-5H2,1-3H3,(H3,9,10)(H,11,12). The highest BCUT2D eigenvalue weighted by Gasteiger charge is 2.17. The average molecular weight is 203 g/mol. The van der Waals surface area contributed by atoms with E-state index in [0.29, 0.717) is 0 Å². The Labute approximate surface area is 83.2 Å². The van der Waals surface area contributed by atoms with Gasteiger partial charge in [0, 0.05) is 5.54 Å². The maximum absolute atomic E-state index is 11.2. The Morgan fingerprint density at radius 3 is 2.54 bits per heavy atom. The number of hydrogen-bond donors (Lipinski definition) is 3. The molecule has 0 aromatic rings. The van der Waals surface area contributed by atoms with E-state index in [1.165, 1.54) is 0 Å². The van der Waals surface area contributed by atoms with Gasteiger partial charge >= 0.3 is 0 Å². The van der Waals surface area contributed by atoms with Crippen molar-refractivity contribution in [2.24, 2.45) is 5.73 Å². The van der Waals surface area contributed by atoms with Crippen LogP contribution in [0.2, 0.25) is 0 Å². The molecule has 0 bridgehead atoms. The lowest BCUT2D eigenvalue weighted by Crippen LogP contribution is -2.43. The second-order valence-corrected chi connectivity index (χ2v) is 4.46. The van der Waals surface area contributed by atoms with Crippen LogP contribution in [0.1, 0.15) is 27.2 Å². The molecule has 0 aromatic carbocycles. The lowest BCUT2D eigenvalue weighted by Gasteiger charge is -2.24. The number of nitrogens with one attached hydrogen (secondary N) is 2. The quantitative estimate of drug-likeness (QED) is 0.469. The molecule has 0 spiro atoms. The summed E-state index contributed by atoms with van der Waals surface area (Å²) in [5.41, 5.74) is 4.93. The van der Waals surface area contributed by atoms with E-state index in [9.17, 15) is 4.79 Å². The fraction of sp³-hybridized carbons (Fsp3) is 0.750. The third kappa shape index (κ3) is 6.45. The second-order valence-electron chi connectivity index (χ2n) is 3.44. The molecule has 0 aromatic heterocycles. The highest BCUT2D eigenvalue weighted by Crippen LogP contribution is 2.07. The Kier molecular flexibility index (Phi) is 4.83. The number of rotatable bonds is 4. The van der Waals surface area contributed by atoms with Crippen LogP contribution in [0.15, 0.2) is 0 Å². The molecule has 13 heavy (non-hydrogen) atoms. The zero-order chi connectivity index (χ0) is 10.5. The van der Waals surface area contributed by atoms with Crippen molar-refractivity contribution >= 4 is 22.8 Å². The first-order valence-corrected chi connectivity index (χ1v) is 5.14. The van der Waals surface area contributed by atoms with Crippen LogP contribution in [-0.2, 0) is 4.79 Å². The van der Waals surface area contributed by atoms with Gasteiger partial charge in [0.05, 0.1) is 5.75 Å². The van der Waals surface area contributed by atoms with E-state index in [4.69, 9.17) is 11.1 Å². The van der Waals surface area contributed by atoms with Gasteiger partial charge in [-0.05, 0) is 20.3 Å². The molecular formula is C8H17N3OS. The summed E-state index contributed by atoms with van der Waals surface area (Å²) < 4.78 is 0. The van der Waals surface area contributed by atoms with Crippen molar-refractivity contribution in [2.45, 2.75) is 32.7 Å². The van der Waals surface area contributed by atoms with Crippen molar-refractivity contribution in [1.82, 2.24) is 5.32 Å². The molecule has 0 saturated carbocycles. The second kappa shape index (κ2) is 5.11. The van der Waals surface area contributed by atoms with Crippen LogP contribution in [0.3, 0.4) is 0 Å². The topological polar surface area (TPSA) is 79.0 Å². The summed E-state index contributed by atoms with van der Waals surface area (Å²) >= 11 is 1.04. The molecule has 0 aliphatic carbocycles. The molecule has 0 aliphatic rings. The summed E-state index contributed by atoms with van der Waals surface area (Å²) in [4.78, 5) is 11.2. The fourth-order valence-corrected chi connectivity index (χ4v) is 1.00. The van der Waals surface area contributed by atoms with E-state index in [1.54, 1.807) is 0 Å². The van der Waals surface area contributed by atoms with Crippen molar-refractivity contribution < 1.29 is 4.79 Å². The van der Waals surface area contributed by atoms with E-state index >= 15 is 0 Å². The minimum atomic E-state index is -0.172. The van der Waals surface area contributed by atoms with E-state index in [2.05, 4.69) is 5.32 Å². The summed E-state index contributed by atoms with van der Waals surface area (Å²) in [5.74, 6) is 0.144. The minimum absolute atomic E-state index is 0.0237. The molecule has 0 heterocycles. The van der Waals surface area contributed by atoms with E-state index in [0.717, 1.165) is 18.2 Å². The summed E-state index contributed by atoms with van der Waals surface area (Å²) in [6.45, 7) is 5.94. The van der Waals surface area contributed by atoms with Gasteiger partial charge in [-0.3, -0.25) is 10.2 Å². The molecule has 76 valence electrons. The maximum atomic E-state index is 11.2. The SMILES string of the molecule is CCC(C)(C)NC(=O)CSC(=N)N. The van der Waals surface area contributed by atoms with Crippen LogP contribution in [0.4, 0.5) is 0 Å². The smallest absolute Gasteiger partial charge is 0.230 e. The Hall–Kier alpha value is -0.710. The highest BCUT2D eigenvalue weighted by atomic mass is 32.2. The Balaban J connectivity index is 3.81. The molecule has 0 aliphatic heterocycles. The first-order chi connectivity index (χ1) is 5.87. The first kappa shape index (κ1) is 12.3. The average Bonchev–Trinajstić information content (AvgIpc) is 2.00. The Morgan fingerprint density at radius 2 is 2.15 bits per heavy atom. The normalized spacial score (nSPS) is 11.0. The van der Waals surface area contributed by atoms with Gasteiger partial charge in [0.1, 0.15) is 0 Å². The number of amides is 1. The van der Waals surface area contributed by atoms with E-state index < -0.39 is 0 Å². The maximum Gasteiger partial charge on any atom is 0.230 e. The first-order valence-electron chi connectivity index (χ1n) is 4.15. The molecule has 0 unspecified atom stereocenters. The Bertz CT molecular complexity index is 204. The molecule has 4 nitrogen and oxygen atoms in total.